The van der Waals surface area contributed by atoms with Crippen molar-refractivity contribution in [3.05, 3.63) is 87.8 Å². The molecular weight excluding hydrogens is 489 g/mol. The number of anilines is 2. The molecular formula is C24H21BrFN5O2. The van der Waals surface area contributed by atoms with Gasteiger partial charge in [0.15, 0.2) is 0 Å². The molecule has 2 heterocycles. The second-order valence-corrected chi connectivity index (χ2v) is 8.47. The number of pyridine rings is 1. The maximum absolute atomic E-state index is 14.8. The third-order valence-corrected chi connectivity index (χ3v) is 5.77. The molecule has 3 aromatic rings. The molecule has 0 spiro atoms. The van der Waals surface area contributed by atoms with E-state index in [1.165, 1.54) is 12.1 Å². The summed E-state index contributed by atoms with van der Waals surface area (Å²) in [5, 5.41) is 13.6. The van der Waals surface area contributed by atoms with Gasteiger partial charge in [-0.1, -0.05) is 18.2 Å². The van der Waals surface area contributed by atoms with E-state index in [2.05, 4.69) is 31.5 Å². The van der Waals surface area contributed by atoms with E-state index in [0.717, 1.165) is 30.4 Å². The molecule has 1 aromatic heterocycles. The van der Waals surface area contributed by atoms with Gasteiger partial charge in [0, 0.05) is 29.3 Å². The van der Waals surface area contributed by atoms with Gasteiger partial charge in [0.1, 0.15) is 17.5 Å². The second kappa shape index (κ2) is 9.91. The van der Waals surface area contributed by atoms with Crippen LogP contribution in [-0.4, -0.2) is 40.6 Å². The lowest BCUT2D eigenvalue weighted by atomic mass is 10.1. The van der Waals surface area contributed by atoms with E-state index in [1.807, 2.05) is 4.90 Å². The van der Waals surface area contributed by atoms with Crippen molar-refractivity contribution in [1.82, 2.24) is 9.88 Å². The van der Waals surface area contributed by atoms with Crippen LogP contribution < -0.4 is 10.6 Å². The van der Waals surface area contributed by atoms with Crippen molar-refractivity contribution in [1.29, 1.82) is 5.41 Å². The molecule has 0 unspecified atom stereocenters. The molecule has 3 N–H and O–H groups in total. The molecule has 2 amide bonds. The molecule has 1 fully saturated rings. The van der Waals surface area contributed by atoms with Gasteiger partial charge < -0.3 is 15.5 Å². The van der Waals surface area contributed by atoms with Crippen LogP contribution in [0, 0.1) is 11.2 Å². The molecule has 0 saturated carbocycles. The number of nitrogens with zero attached hydrogens (tertiary/aromatic N) is 2. The predicted octanol–water partition coefficient (Wildman–Crippen LogP) is 4.91. The maximum atomic E-state index is 14.8. The molecule has 0 atom stereocenters. The van der Waals surface area contributed by atoms with Crippen LogP contribution in [0.15, 0.2) is 65.3 Å². The van der Waals surface area contributed by atoms with Gasteiger partial charge in [-0.05, 0) is 65.2 Å². The highest BCUT2D eigenvalue weighted by molar-refractivity contribution is 9.10. The lowest BCUT2D eigenvalue weighted by Crippen LogP contribution is -2.28. The van der Waals surface area contributed by atoms with Crippen molar-refractivity contribution in [2.75, 3.05) is 23.7 Å². The number of amides is 2. The second-order valence-electron chi connectivity index (χ2n) is 7.55. The van der Waals surface area contributed by atoms with Crippen molar-refractivity contribution in [3.8, 4) is 0 Å². The minimum Gasteiger partial charge on any atom is -0.357 e. The number of nitrogens with one attached hydrogen (secondary N) is 3. The zero-order chi connectivity index (χ0) is 23.4. The van der Waals surface area contributed by atoms with Gasteiger partial charge in [0.2, 0.25) is 0 Å². The van der Waals surface area contributed by atoms with Gasteiger partial charge in [-0.2, -0.15) is 0 Å². The maximum Gasteiger partial charge on any atom is 0.258 e. The van der Waals surface area contributed by atoms with Gasteiger partial charge in [-0.25, -0.2) is 9.37 Å². The Balaban J connectivity index is 1.50. The molecule has 7 nitrogen and oxygen atoms in total. The van der Waals surface area contributed by atoms with Crippen LogP contribution in [0.1, 0.15) is 39.1 Å². The molecule has 4 rings (SSSR count). The predicted molar refractivity (Wildman–Crippen MR) is 128 cm³/mol. The Morgan fingerprint density at radius 1 is 0.970 bits per heavy atom. The number of likely N-dealkylation sites (tertiary alicyclic amines) is 1. The number of aromatic nitrogens is 1. The first kappa shape index (κ1) is 22.6. The summed E-state index contributed by atoms with van der Waals surface area (Å²) in [5.74, 6) is -1.27. The van der Waals surface area contributed by atoms with E-state index in [9.17, 15) is 14.0 Å². The fourth-order valence-electron chi connectivity index (χ4n) is 3.58. The Labute approximate surface area is 198 Å². The molecule has 1 aliphatic rings. The zero-order valence-electron chi connectivity index (χ0n) is 17.6. The smallest absolute Gasteiger partial charge is 0.258 e. The van der Waals surface area contributed by atoms with E-state index in [1.54, 1.807) is 48.7 Å². The molecule has 0 aliphatic carbocycles. The molecule has 168 valence electrons. The topological polar surface area (TPSA) is 98.2 Å². The van der Waals surface area contributed by atoms with Gasteiger partial charge in [0.05, 0.1) is 16.8 Å². The van der Waals surface area contributed by atoms with Crippen LogP contribution >= 0.6 is 15.9 Å². The Hall–Kier alpha value is -3.59. The van der Waals surface area contributed by atoms with Gasteiger partial charge in [-0.3, -0.25) is 15.0 Å². The van der Waals surface area contributed by atoms with E-state index in [4.69, 9.17) is 5.41 Å². The summed E-state index contributed by atoms with van der Waals surface area (Å²) in [4.78, 5) is 31.5. The number of carbonyl (C=O) groups excluding carboxylic acids is 2. The van der Waals surface area contributed by atoms with Crippen molar-refractivity contribution in [2.24, 2.45) is 0 Å². The molecule has 0 bridgehead atoms. The molecule has 1 aliphatic heterocycles. The van der Waals surface area contributed by atoms with Crippen LogP contribution in [0.3, 0.4) is 0 Å². The Morgan fingerprint density at radius 3 is 2.39 bits per heavy atom. The number of rotatable bonds is 5. The molecule has 0 radical (unpaired) electrons. The number of hydrogen-bond acceptors (Lipinski definition) is 4. The van der Waals surface area contributed by atoms with Crippen LogP contribution in [0.5, 0.6) is 0 Å². The standard InChI is InChI=1S/C24H21BrFN5O2/c25-16-8-10-21(28-14-16)30-24(33)18-5-1-2-6-20(18)29-23(32)17-9-7-15(13-19(17)26)22(27)31-11-3-4-12-31/h1-2,5-10,13-14,27H,3-4,11-12H2,(H,29,32)(H,28,30,33). The summed E-state index contributed by atoms with van der Waals surface area (Å²) in [6, 6.07) is 14.0. The molecule has 2 aromatic carbocycles. The lowest BCUT2D eigenvalue weighted by molar-refractivity contribution is 0.102. The minimum atomic E-state index is -0.727. The summed E-state index contributed by atoms with van der Waals surface area (Å²) in [7, 11) is 0. The number of amidine groups is 1. The Morgan fingerprint density at radius 2 is 1.70 bits per heavy atom. The number of benzene rings is 2. The first-order chi connectivity index (χ1) is 15.9. The number of halogens is 2. The minimum absolute atomic E-state index is 0.169. The number of para-hydroxylation sites is 1. The van der Waals surface area contributed by atoms with Crippen LogP contribution in [0.2, 0.25) is 0 Å². The van der Waals surface area contributed by atoms with Crippen molar-refractivity contribution in [2.45, 2.75) is 12.8 Å². The summed E-state index contributed by atoms with van der Waals surface area (Å²) >= 11 is 3.29. The average Bonchev–Trinajstić information content (AvgIpc) is 3.35. The Kier molecular flexibility index (Phi) is 6.79. The van der Waals surface area contributed by atoms with Gasteiger partial charge >= 0.3 is 0 Å². The zero-order valence-corrected chi connectivity index (χ0v) is 19.2. The van der Waals surface area contributed by atoms with Crippen molar-refractivity contribution >= 4 is 45.1 Å². The fourth-order valence-corrected chi connectivity index (χ4v) is 3.82. The average molecular weight is 510 g/mol. The summed E-state index contributed by atoms with van der Waals surface area (Å²) in [5.41, 5.74) is 0.708. The summed E-state index contributed by atoms with van der Waals surface area (Å²) in [6.45, 7) is 1.55. The molecule has 9 heteroatoms. The monoisotopic (exact) mass is 509 g/mol. The van der Waals surface area contributed by atoms with Crippen LogP contribution in [-0.2, 0) is 0 Å². The van der Waals surface area contributed by atoms with E-state index in [0.29, 0.717) is 11.4 Å². The number of hydrogen-bond donors (Lipinski definition) is 3. The quantitative estimate of drug-likeness (QED) is 0.336. The highest BCUT2D eigenvalue weighted by Crippen LogP contribution is 2.21. The lowest BCUT2D eigenvalue weighted by Gasteiger charge is -2.19. The first-order valence-corrected chi connectivity index (χ1v) is 11.2. The van der Waals surface area contributed by atoms with Crippen LogP contribution in [0.25, 0.3) is 0 Å². The Bertz CT molecular complexity index is 1210. The molecule has 1 saturated heterocycles. The number of carbonyl (C=O) groups is 2. The highest BCUT2D eigenvalue weighted by atomic mass is 79.9. The van der Waals surface area contributed by atoms with Crippen molar-refractivity contribution < 1.29 is 14.0 Å². The molecule has 33 heavy (non-hydrogen) atoms. The van der Waals surface area contributed by atoms with E-state index in [-0.39, 0.29) is 22.6 Å². The van der Waals surface area contributed by atoms with Crippen LogP contribution in [0.4, 0.5) is 15.9 Å². The first-order valence-electron chi connectivity index (χ1n) is 10.4. The van der Waals surface area contributed by atoms with Gasteiger partial charge in [0.25, 0.3) is 11.8 Å². The third kappa shape index (κ3) is 5.25. The van der Waals surface area contributed by atoms with Gasteiger partial charge in [-0.15, -0.1) is 0 Å². The summed E-state index contributed by atoms with van der Waals surface area (Å²) in [6.07, 6.45) is 3.58. The van der Waals surface area contributed by atoms with E-state index < -0.39 is 17.6 Å². The van der Waals surface area contributed by atoms with Crippen molar-refractivity contribution in [3.63, 3.8) is 0 Å². The normalized spacial score (nSPS) is 13.0. The highest BCUT2D eigenvalue weighted by Gasteiger charge is 2.20. The fraction of sp³-hybridized carbons (Fsp3) is 0.167. The SMILES string of the molecule is N=C(c1ccc(C(=O)Nc2ccccc2C(=O)Nc2ccc(Br)cn2)c(F)c1)N1CCCC1. The third-order valence-electron chi connectivity index (χ3n) is 5.30. The van der Waals surface area contributed by atoms with E-state index >= 15 is 0 Å². The largest absolute Gasteiger partial charge is 0.357 e. The summed E-state index contributed by atoms with van der Waals surface area (Å²) < 4.78 is 15.5.